The number of halogens is 1. The Bertz CT molecular complexity index is 1510. The number of amides is 1. The van der Waals surface area contributed by atoms with E-state index in [1.807, 2.05) is 54.2 Å². The molecule has 1 aliphatic carbocycles. The van der Waals surface area contributed by atoms with Gasteiger partial charge in [0.05, 0.1) is 11.6 Å². The van der Waals surface area contributed by atoms with E-state index < -0.39 is 23.5 Å². The topological polar surface area (TPSA) is 75.7 Å². The lowest BCUT2D eigenvalue weighted by Crippen LogP contribution is -2.38. The first kappa shape index (κ1) is 21.2. The van der Waals surface area contributed by atoms with Crippen molar-refractivity contribution in [1.29, 1.82) is 0 Å². The molecule has 172 valence electrons. The summed E-state index contributed by atoms with van der Waals surface area (Å²) in [7, 11) is 1.95. The maximum absolute atomic E-state index is 13.8. The highest BCUT2D eigenvalue weighted by molar-refractivity contribution is 9.10. The van der Waals surface area contributed by atoms with E-state index in [1.165, 1.54) is 0 Å². The van der Waals surface area contributed by atoms with Crippen molar-refractivity contribution in [3.8, 4) is 0 Å². The highest BCUT2D eigenvalue weighted by atomic mass is 79.9. The van der Waals surface area contributed by atoms with Gasteiger partial charge in [0.15, 0.2) is 11.5 Å². The van der Waals surface area contributed by atoms with E-state index in [0.717, 1.165) is 52.0 Å². The fourth-order valence-corrected chi connectivity index (χ4v) is 5.95. The number of hydrogen-bond acceptors (Lipinski definition) is 4. The molecule has 0 bridgehead atoms. The van der Waals surface area contributed by atoms with Crippen molar-refractivity contribution in [2.45, 2.75) is 37.8 Å². The molecule has 1 fully saturated rings. The smallest absolute Gasteiger partial charge is 0.290 e. The van der Waals surface area contributed by atoms with Crippen LogP contribution in [0.5, 0.6) is 0 Å². The average Bonchev–Trinajstić information content (AvgIpc) is 3.60. The number of fused-ring (bicyclic) bond motifs is 2. The van der Waals surface area contributed by atoms with Crippen molar-refractivity contribution in [2.24, 2.45) is 7.05 Å². The zero-order chi connectivity index (χ0) is 23.6. The van der Waals surface area contributed by atoms with E-state index in [4.69, 9.17) is 4.42 Å². The molecule has 1 saturated carbocycles. The summed E-state index contributed by atoms with van der Waals surface area (Å²) in [6.45, 7) is 0. The van der Waals surface area contributed by atoms with Crippen molar-refractivity contribution in [3.05, 3.63) is 81.9 Å². The summed E-state index contributed by atoms with van der Waals surface area (Å²) in [5.41, 5.74) is 2.50. The Balaban J connectivity index is 1.53. The van der Waals surface area contributed by atoms with Gasteiger partial charge in [-0.15, -0.1) is 0 Å². The third kappa shape index (κ3) is 3.14. The number of aromatic nitrogens is 1. The van der Waals surface area contributed by atoms with Crippen LogP contribution in [0, 0.1) is 0 Å². The number of carbonyl (C=O) groups is 2. The number of para-hydroxylation sites is 1. The Hall–Kier alpha value is -3.32. The lowest BCUT2D eigenvalue weighted by molar-refractivity contribution is -0.131. The molecule has 1 aliphatic heterocycles. The van der Waals surface area contributed by atoms with Gasteiger partial charge in [-0.05, 0) is 43.2 Å². The summed E-state index contributed by atoms with van der Waals surface area (Å²) < 4.78 is 8.74. The first-order chi connectivity index (χ1) is 16.4. The molecule has 4 aromatic rings. The summed E-state index contributed by atoms with van der Waals surface area (Å²) in [6, 6.07) is 14.4. The lowest BCUT2D eigenvalue weighted by Gasteiger charge is -2.31. The number of benzene rings is 2. The Labute approximate surface area is 204 Å². The molecule has 1 atom stereocenters. The van der Waals surface area contributed by atoms with Crippen LogP contribution in [0.25, 0.3) is 21.9 Å². The number of aryl methyl sites for hydroxylation is 1. The fourth-order valence-electron chi connectivity index (χ4n) is 5.57. The van der Waals surface area contributed by atoms with Crippen LogP contribution in [0.3, 0.4) is 0 Å². The van der Waals surface area contributed by atoms with Crippen molar-refractivity contribution < 1.29 is 19.1 Å². The maximum Gasteiger partial charge on any atom is 0.290 e. The minimum Gasteiger partial charge on any atom is -0.503 e. The summed E-state index contributed by atoms with van der Waals surface area (Å²) in [5.74, 6) is -1.30. The lowest BCUT2D eigenvalue weighted by atomic mass is 9.93. The molecule has 1 amide bonds. The fraction of sp³-hybridized carbons (Fsp3) is 0.259. The molecule has 0 radical (unpaired) electrons. The van der Waals surface area contributed by atoms with Gasteiger partial charge < -0.3 is 19.0 Å². The number of Topliss-reactive ketones (excluding diaryl/α,β-unsaturated/α-hetero) is 1. The summed E-state index contributed by atoms with van der Waals surface area (Å²) >= 11 is 3.44. The molecule has 6 nitrogen and oxygen atoms in total. The predicted octanol–water partition coefficient (Wildman–Crippen LogP) is 6.21. The van der Waals surface area contributed by atoms with Gasteiger partial charge in [0, 0.05) is 45.6 Å². The van der Waals surface area contributed by atoms with E-state index in [9.17, 15) is 14.7 Å². The third-order valence-corrected chi connectivity index (χ3v) is 7.62. The standard InChI is InChI=1S/C27H23BrN2O4/c1-29-14-19(18-8-4-5-9-20(18)29)24-23(26(32)27(33)30(24)17-6-2-3-7-17)25(31)22-13-15-12-16(28)10-11-21(15)34-22/h4-5,8-14,17,24,32H,2-3,6-7H2,1H3. The van der Waals surface area contributed by atoms with E-state index in [1.54, 1.807) is 17.0 Å². The highest BCUT2D eigenvalue weighted by Crippen LogP contribution is 2.45. The molecule has 34 heavy (non-hydrogen) atoms. The van der Waals surface area contributed by atoms with Crippen LogP contribution in [0.1, 0.15) is 47.8 Å². The van der Waals surface area contributed by atoms with Crippen LogP contribution in [-0.4, -0.2) is 32.3 Å². The number of ketones is 1. The molecule has 2 aromatic carbocycles. The predicted molar refractivity (Wildman–Crippen MR) is 133 cm³/mol. The van der Waals surface area contributed by atoms with Crippen molar-refractivity contribution in [2.75, 3.05) is 0 Å². The second-order valence-electron chi connectivity index (χ2n) is 9.15. The first-order valence-corrected chi connectivity index (χ1v) is 12.3. The monoisotopic (exact) mass is 518 g/mol. The molecule has 0 spiro atoms. The first-order valence-electron chi connectivity index (χ1n) is 11.5. The zero-order valence-electron chi connectivity index (χ0n) is 18.6. The summed E-state index contributed by atoms with van der Waals surface area (Å²) in [6.07, 6.45) is 5.74. The maximum atomic E-state index is 13.8. The van der Waals surface area contributed by atoms with Gasteiger partial charge in [0.2, 0.25) is 5.78 Å². The van der Waals surface area contributed by atoms with Crippen LogP contribution < -0.4 is 0 Å². The number of hydrogen-bond donors (Lipinski definition) is 1. The number of aliphatic hydroxyl groups excluding tert-OH is 1. The number of aliphatic hydroxyl groups is 1. The Morgan fingerprint density at radius 1 is 1.12 bits per heavy atom. The molecule has 2 aliphatic rings. The van der Waals surface area contributed by atoms with Gasteiger partial charge in [-0.25, -0.2) is 0 Å². The van der Waals surface area contributed by atoms with Gasteiger partial charge in [-0.2, -0.15) is 0 Å². The average molecular weight is 519 g/mol. The molecular formula is C27H23BrN2O4. The Kier molecular flexibility index (Phi) is 4.92. The molecule has 0 saturated heterocycles. The van der Waals surface area contributed by atoms with Gasteiger partial charge in [-0.1, -0.05) is 47.0 Å². The van der Waals surface area contributed by atoms with Crippen LogP contribution >= 0.6 is 15.9 Å². The van der Waals surface area contributed by atoms with E-state index >= 15 is 0 Å². The van der Waals surface area contributed by atoms with Crippen molar-refractivity contribution in [3.63, 3.8) is 0 Å². The molecule has 6 rings (SSSR count). The Morgan fingerprint density at radius 2 is 1.88 bits per heavy atom. The summed E-state index contributed by atoms with van der Waals surface area (Å²) in [5, 5.41) is 12.8. The van der Waals surface area contributed by atoms with Crippen LogP contribution in [0.4, 0.5) is 0 Å². The van der Waals surface area contributed by atoms with Gasteiger partial charge in [0.1, 0.15) is 5.58 Å². The number of nitrogens with zero attached hydrogens (tertiary/aromatic N) is 2. The largest absolute Gasteiger partial charge is 0.503 e. The second-order valence-corrected chi connectivity index (χ2v) is 10.1. The van der Waals surface area contributed by atoms with Crippen LogP contribution in [0.15, 0.2) is 74.9 Å². The van der Waals surface area contributed by atoms with E-state index in [2.05, 4.69) is 15.9 Å². The summed E-state index contributed by atoms with van der Waals surface area (Å²) in [4.78, 5) is 29.0. The zero-order valence-corrected chi connectivity index (χ0v) is 20.2. The number of furan rings is 1. The normalized spacial score (nSPS) is 19.3. The number of rotatable bonds is 4. The molecule has 1 N–H and O–H groups in total. The van der Waals surface area contributed by atoms with Gasteiger partial charge in [0.25, 0.3) is 5.91 Å². The van der Waals surface area contributed by atoms with Crippen molar-refractivity contribution in [1.82, 2.24) is 9.47 Å². The SMILES string of the molecule is Cn1cc(C2C(C(=O)c3cc4cc(Br)ccc4o3)=C(O)C(=O)N2C2CCCC2)c2ccccc21. The third-order valence-electron chi connectivity index (χ3n) is 7.13. The second kappa shape index (κ2) is 7.87. The molecule has 3 heterocycles. The Morgan fingerprint density at radius 3 is 2.68 bits per heavy atom. The number of carbonyl (C=O) groups excluding carboxylic acids is 2. The van der Waals surface area contributed by atoms with Crippen molar-refractivity contribution >= 4 is 49.5 Å². The minimum atomic E-state index is -0.672. The molecule has 7 heteroatoms. The van der Waals surface area contributed by atoms with E-state index in [0.29, 0.717) is 5.58 Å². The molecule has 1 unspecified atom stereocenters. The van der Waals surface area contributed by atoms with E-state index in [-0.39, 0.29) is 17.4 Å². The van der Waals surface area contributed by atoms with Crippen LogP contribution in [-0.2, 0) is 11.8 Å². The molecular weight excluding hydrogens is 496 g/mol. The highest BCUT2D eigenvalue weighted by Gasteiger charge is 2.48. The molecule has 2 aromatic heterocycles. The quantitative estimate of drug-likeness (QED) is 0.326. The van der Waals surface area contributed by atoms with Gasteiger partial charge >= 0.3 is 0 Å². The minimum absolute atomic E-state index is 0.0180. The van der Waals surface area contributed by atoms with Crippen LogP contribution in [0.2, 0.25) is 0 Å². The van der Waals surface area contributed by atoms with Gasteiger partial charge in [-0.3, -0.25) is 9.59 Å².